The van der Waals surface area contributed by atoms with Gasteiger partial charge in [-0.25, -0.2) is 24.0 Å². The van der Waals surface area contributed by atoms with Crippen molar-refractivity contribution in [2.45, 2.75) is 158 Å². The standard InChI is InChI=1S/C73H85N3O16S/c1-4-7-8-15-44-76(73-75-64-20-13-14-21-65(64)93-73)74-50-55-49-62(42-43-63(55)72(83)91-60-36-28-53(29-37-60)70(81)90-61-40-38-57(39-41-61)85-46-17-10-12-19-48-87-67(78)6-3)92-71(82)54-26-34-59(35-27-54)89-69(80)52-24-32-58(33-25-52)88-68(79)51-22-30-56(31-23-51)84-45-16-9-11-18-47-86-66(77)5-2/h5-6,13-14,20-23,26-27,30-31,34-35,38-43,49-50,52-53,58,60,73,75H,2-4,7-12,15-19,24-25,28-29,32-33,36-37,44-48H2,1H3/b74-50+. The maximum atomic E-state index is 14.2. The number of thioether (sulfide) groups is 1. The van der Waals surface area contributed by atoms with E-state index in [1.54, 1.807) is 78.6 Å². The van der Waals surface area contributed by atoms with Crippen LogP contribution in [0.15, 0.2) is 151 Å². The number of anilines is 1. The number of hydrogen-bond acceptors (Lipinski definition) is 20. The highest BCUT2D eigenvalue weighted by atomic mass is 32.2. The van der Waals surface area contributed by atoms with Crippen LogP contribution in [0.2, 0.25) is 0 Å². The molecule has 19 nitrogen and oxygen atoms in total. The van der Waals surface area contributed by atoms with Crippen LogP contribution in [0.3, 0.4) is 0 Å². The second-order valence-corrected chi connectivity index (χ2v) is 24.2. The number of unbranched alkanes of at least 4 members (excludes halogenated alkanes) is 9. The molecule has 8 rings (SSSR count). The van der Waals surface area contributed by atoms with Gasteiger partial charge in [0.2, 0.25) is 0 Å². The predicted octanol–water partition coefficient (Wildman–Crippen LogP) is 14.6. The van der Waals surface area contributed by atoms with Gasteiger partial charge >= 0.3 is 41.8 Å². The Balaban J connectivity index is 0.814. The van der Waals surface area contributed by atoms with Crippen LogP contribution < -0.4 is 29.0 Å². The normalized spacial score (nSPS) is 17.3. The number of nitrogens with zero attached hydrogens (tertiary/aromatic N) is 2. The topological polar surface area (TPSA) is 230 Å². The molecule has 1 atom stereocenters. The molecule has 1 aliphatic heterocycles. The van der Waals surface area contributed by atoms with Crippen molar-refractivity contribution < 1.29 is 76.2 Å². The minimum atomic E-state index is -0.682. The van der Waals surface area contributed by atoms with Crippen LogP contribution >= 0.6 is 11.8 Å². The van der Waals surface area contributed by atoms with Crippen LogP contribution in [-0.2, 0) is 38.1 Å². The summed E-state index contributed by atoms with van der Waals surface area (Å²) in [6.07, 6.45) is 17.8. The molecule has 2 fully saturated rings. The lowest BCUT2D eigenvalue weighted by Crippen LogP contribution is -2.33. The molecule has 2 saturated carbocycles. The first-order valence-electron chi connectivity index (χ1n) is 32.5. The number of nitrogens with one attached hydrogen (secondary N) is 1. The highest BCUT2D eigenvalue weighted by molar-refractivity contribution is 8.00. The van der Waals surface area contributed by atoms with Gasteiger partial charge in [0.1, 0.15) is 41.0 Å². The van der Waals surface area contributed by atoms with E-state index in [9.17, 15) is 33.6 Å². The fourth-order valence-electron chi connectivity index (χ4n) is 10.8. The summed E-state index contributed by atoms with van der Waals surface area (Å²) < 4.78 is 51.0. The Morgan fingerprint density at radius 2 is 0.989 bits per heavy atom. The number of ether oxygens (including phenoxy) is 9. The zero-order chi connectivity index (χ0) is 65.6. The molecule has 5 aromatic rings. The monoisotopic (exact) mass is 1290 g/mol. The van der Waals surface area contributed by atoms with E-state index in [1.165, 1.54) is 30.3 Å². The fraction of sp³-hybridized carbons (Fsp3) is 0.425. The van der Waals surface area contributed by atoms with E-state index in [0.717, 1.165) is 99.8 Å². The number of hydrazone groups is 1. The van der Waals surface area contributed by atoms with Crippen molar-refractivity contribution in [2.75, 3.05) is 38.3 Å². The van der Waals surface area contributed by atoms with Crippen LogP contribution in [-0.4, -0.2) is 104 Å². The summed E-state index contributed by atoms with van der Waals surface area (Å²) in [4.78, 5) is 91.1. The Morgan fingerprint density at radius 3 is 1.53 bits per heavy atom. The van der Waals surface area contributed by atoms with Crippen molar-refractivity contribution in [3.8, 4) is 28.7 Å². The number of carbonyl (C=O) groups excluding carboxylic acids is 7. The third kappa shape index (κ3) is 23.0. The van der Waals surface area contributed by atoms with Crippen molar-refractivity contribution in [3.05, 3.63) is 163 Å². The molecule has 5 aromatic carbocycles. The van der Waals surface area contributed by atoms with Crippen LogP contribution in [0, 0.1) is 11.8 Å². The SMILES string of the molecule is C=CC(=O)OCCCCCCOc1ccc(OC(=O)C2CCC(OC(=O)c3ccc(OC(=O)c4ccc(OC(=O)C5CCC(OC(=O)c6ccc(OCCCCCCOC(=O)C=C)cc6)CC5)cc4)cc3/C=N/N(CCCCCC)C3Nc4ccccc4S3)CC2)cc1. The molecule has 0 bridgehead atoms. The number of para-hydroxylation sites is 1. The molecule has 0 radical (unpaired) electrons. The summed E-state index contributed by atoms with van der Waals surface area (Å²) in [5, 5.41) is 10.5. The van der Waals surface area contributed by atoms with Gasteiger partial charge in [-0.05, 0) is 212 Å². The number of rotatable bonds is 36. The molecular formula is C73H85N3O16S. The van der Waals surface area contributed by atoms with Gasteiger partial charge in [-0.15, -0.1) is 0 Å². The van der Waals surface area contributed by atoms with Gasteiger partial charge in [-0.2, -0.15) is 5.10 Å². The zero-order valence-corrected chi connectivity index (χ0v) is 53.8. The van der Waals surface area contributed by atoms with Crippen LogP contribution in [0.5, 0.6) is 28.7 Å². The molecule has 0 aromatic heterocycles. The van der Waals surface area contributed by atoms with Crippen molar-refractivity contribution in [1.29, 1.82) is 0 Å². The average molecular weight is 1290 g/mol. The molecule has 93 heavy (non-hydrogen) atoms. The van der Waals surface area contributed by atoms with Gasteiger partial charge in [0, 0.05) is 29.2 Å². The average Bonchev–Trinajstić information content (AvgIpc) is 1.90. The van der Waals surface area contributed by atoms with E-state index in [0.29, 0.717) is 113 Å². The number of esters is 7. The van der Waals surface area contributed by atoms with Crippen molar-refractivity contribution in [3.63, 3.8) is 0 Å². The van der Waals surface area contributed by atoms with Gasteiger partial charge in [0.25, 0.3) is 0 Å². The fourth-order valence-corrected chi connectivity index (χ4v) is 11.9. The minimum Gasteiger partial charge on any atom is -0.494 e. The summed E-state index contributed by atoms with van der Waals surface area (Å²) in [7, 11) is 0. The van der Waals surface area contributed by atoms with E-state index < -0.39 is 47.8 Å². The van der Waals surface area contributed by atoms with Gasteiger partial charge in [-0.1, -0.05) is 63.2 Å². The van der Waals surface area contributed by atoms with E-state index in [-0.39, 0.29) is 46.1 Å². The van der Waals surface area contributed by atoms with Gasteiger partial charge < -0.3 is 47.9 Å². The quantitative estimate of drug-likeness (QED) is 0.00747. The first-order chi connectivity index (χ1) is 45.3. The van der Waals surface area contributed by atoms with Crippen molar-refractivity contribution in [1.82, 2.24) is 5.01 Å². The van der Waals surface area contributed by atoms with E-state index >= 15 is 0 Å². The summed E-state index contributed by atoms with van der Waals surface area (Å²) in [5.74, 6) is -1.97. The minimum absolute atomic E-state index is 0.158. The number of benzene rings is 5. The second kappa shape index (κ2) is 37.6. The first kappa shape index (κ1) is 70.0. The Labute approximate surface area is 548 Å². The molecule has 2 aliphatic carbocycles. The lowest BCUT2D eigenvalue weighted by atomic mass is 9.87. The summed E-state index contributed by atoms with van der Waals surface area (Å²) in [6.45, 7) is 11.4. The van der Waals surface area contributed by atoms with Crippen LogP contribution in [0.1, 0.15) is 172 Å². The number of hydrogen-bond donors (Lipinski definition) is 1. The second-order valence-electron chi connectivity index (χ2n) is 23.1. The van der Waals surface area contributed by atoms with E-state index in [4.69, 9.17) is 47.7 Å². The molecule has 0 saturated heterocycles. The molecule has 1 N–H and O–H groups in total. The van der Waals surface area contributed by atoms with Gasteiger partial charge in [0.05, 0.1) is 66.9 Å². The molecule has 3 aliphatic rings. The number of carbonyl (C=O) groups is 7. The lowest BCUT2D eigenvalue weighted by molar-refractivity contribution is -0.141. The summed E-state index contributed by atoms with van der Waals surface area (Å²) in [6, 6.07) is 32.6. The molecule has 0 amide bonds. The maximum absolute atomic E-state index is 14.2. The summed E-state index contributed by atoms with van der Waals surface area (Å²) >= 11 is 1.65. The molecular weight excluding hydrogens is 1210 g/mol. The smallest absolute Gasteiger partial charge is 0.343 e. The summed E-state index contributed by atoms with van der Waals surface area (Å²) in [5.41, 5.74) is 1.97. The third-order valence-corrected chi connectivity index (χ3v) is 17.3. The largest absolute Gasteiger partial charge is 0.494 e. The Bertz CT molecular complexity index is 3280. The Morgan fingerprint density at radius 1 is 0.516 bits per heavy atom. The highest BCUT2D eigenvalue weighted by Gasteiger charge is 2.33. The lowest BCUT2D eigenvalue weighted by Gasteiger charge is -2.27. The molecule has 0 spiro atoms. The van der Waals surface area contributed by atoms with Crippen LogP contribution in [0.25, 0.3) is 0 Å². The van der Waals surface area contributed by atoms with Crippen molar-refractivity contribution >= 4 is 65.4 Å². The van der Waals surface area contributed by atoms with Crippen LogP contribution in [0.4, 0.5) is 5.69 Å². The predicted molar refractivity (Wildman–Crippen MR) is 353 cm³/mol. The maximum Gasteiger partial charge on any atom is 0.343 e. The van der Waals surface area contributed by atoms with Crippen molar-refractivity contribution in [2.24, 2.45) is 16.9 Å². The molecule has 1 unspecified atom stereocenters. The number of fused-ring (bicyclic) bond motifs is 1. The Kier molecular flexibility index (Phi) is 28.3. The first-order valence-corrected chi connectivity index (χ1v) is 33.4. The van der Waals surface area contributed by atoms with E-state index in [1.807, 2.05) is 23.2 Å². The molecule has 1 heterocycles. The third-order valence-electron chi connectivity index (χ3n) is 16.2. The highest BCUT2D eigenvalue weighted by Crippen LogP contribution is 2.40. The van der Waals surface area contributed by atoms with Gasteiger partial charge in [-0.3, -0.25) is 14.6 Å². The zero-order valence-electron chi connectivity index (χ0n) is 53.0. The Hall–Kier alpha value is -8.91. The molecule has 494 valence electrons. The van der Waals surface area contributed by atoms with Gasteiger partial charge in [0.15, 0.2) is 5.50 Å². The van der Waals surface area contributed by atoms with E-state index in [2.05, 4.69) is 31.5 Å². The molecule has 20 heteroatoms.